The number of hydrogen-bond donors (Lipinski definition) is 0. The largest absolute Gasteiger partial charge is 0.493 e. The van der Waals surface area contributed by atoms with E-state index in [4.69, 9.17) is 4.74 Å². The Morgan fingerprint density at radius 3 is 3.00 bits per heavy atom. The summed E-state index contributed by atoms with van der Waals surface area (Å²) in [5, 5.41) is 0.583. The van der Waals surface area contributed by atoms with Gasteiger partial charge in [0, 0.05) is 23.8 Å². The molecule has 1 aliphatic rings. The number of carbonyl (C=O) groups is 1. The third-order valence-corrected chi connectivity index (χ3v) is 4.13. The average Bonchev–Trinajstić information content (AvgIpc) is 2.93. The Bertz CT molecular complexity index is 631. The Morgan fingerprint density at radius 2 is 2.28 bits per heavy atom. The number of carbonyl (C=O) groups excluding carboxylic acids is 1. The smallest absolute Gasteiger partial charge is 0.188 e. The highest BCUT2D eigenvalue weighted by atomic mass is 32.1. The summed E-state index contributed by atoms with van der Waals surface area (Å²) in [7, 11) is 0. The van der Waals surface area contributed by atoms with Gasteiger partial charge in [-0.15, -0.1) is 11.3 Å². The number of hydrogen-bond acceptors (Lipinski definition) is 4. The predicted molar refractivity (Wildman–Crippen MR) is 71.5 cm³/mol. The van der Waals surface area contributed by atoms with Crippen LogP contribution in [0.2, 0.25) is 0 Å². The lowest BCUT2D eigenvalue weighted by molar-refractivity contribution is 0.101. The standard InChI is InChI=1S/C14H13NO2S/c1-8(16)14-15-13(9(2)18-14)11-3-4-12-10(7-11)5-6-17-12/h3-4,7H,5-6H2,1-2H3. The minimum absolute atomic E-state index is 0.0267. The number of thiazole rings is 1. The fraction of sp³-hybridized carbons (Fsp3) is 0.286. The van der Waals surface area contributed by atoms with Crippen LogP contribution in [-0.4, -0.2) is 17.4 Å². The van der Waals surface area contributed by atoms with Crippen molar-refractivity contribution in [1.82, 2.24) is 4.98 Å². The van der Waals surface area contributed by atoms with E-state index in [1.54, 1.807) is 6.92 Å². The van der Waals surface area contributed by atoms with Crippen molar-refractivity contribution in [3.8, 4) is 17.0 Å². The Balaban J connectivity index is 2.07. The van der Waals surface area contributed by atoms with Crippen molar-refractivity contribution in [3.63, 3.8) is 0 Å². The summed E-state index contributed by atoms with van der Waals surface area (Å²) < 4.78 is 5.49. The van der Waals surface area contributed by atoms with Gasteiger partial charge in [-0.05, 0) is 30.7 Å². The molecule has 0 saturated carbocycles. The summed E-state index contributed by atoms with van der Waals surface area (Å²) in [6, 6.07) is 6.12. The number of ketones is 1. The number of fused-ring (bicyclic) bond motifs is 1. The van der Waals surface area contributed by atoms with Gasteiger partial charge in [-0.3, -0.25) is 4.79 Å². The van der Waals surface area contributed by atoms with Crippen molar-refractivity contribution in [1.29, 1.82) is 0 Å². The zero-order valence-corrected chi connectivity index (χ0v) is 11.1. The third kappa shape index (κ3) is 1.82. The van der Waals surface area contributed by atoms with Crippen LogP contribution in [0.3, 0.4) is 0 Å². The SMILES string of the molecule is CC(=O)c1nc(-c2ccc3c(c2)CCO3)c(C)s1. The van der Waals surface area contributed by atoms with Gasteiger partial charge in [-0.1, -0.05) is 0 Å². The Labute approximate surface area is 109 Å². The molecule has 2 aromatic rings. The number of benzene rings is 1. The molecule has 3 nitrogen and oxygen atoms in total. The number of aryl methyl sites for hydroxylation is 1. The average molecular weight is 259 g/mol. The number of nitrogens with zero attached hydrogens (tertiary/aromatic N) is 1. The van der Waals surface area contributed by atoms with Crippen molar-refractivity contribution in [2.24, 2.45) is 0 Å². The summed E-state index contributed by atoms with van der Waals surface area (Å²) in [6.07, 6.45) is 0.950. The number of aromatic nitrogens is 1. The van der Waals surface area contributed by atoms with Crippen LogP contribution in [0.1, 0.15) is 27.2 Å². The van der Waals surface area contributed by atoms with Crippen molar-refractivity contribution >= 4 is 17.1 Å². The number of ether oxygens (including phenoxy) is 1. The zero-order chi connectivity index (χ0) is 12.7. The molecule has 18 heavy (non-hydrogen) atoms. The molecule has 3 rings (SSSR count). The van der Waals surface area contributed by atoms with E-state index < -0.39 is 0 Å². The molecule has 0 spiro atoms. The molecule has 0 unspecified atom stereocenters. The van der Waals surface area contributed by atoms with E-state index in [2.05, 4.69) is 11.1 Å². The Morgan fingerprint density at radius 1 is 1.44 bits per heavy atom. The van der Waals surface area contributed by atoms with E-state index in [1.807, 2.05) is 19.1 Å². The lowest BCUT2D eigenvalue weighted by Gasteiger charge is -2.02. The molecule has 0 fully saturated rings. The van der Waals surface area contributed by atoms with E-state index in [0.717, 1.165) is 34.9 Å². The third-order valence-electron chi connectivity index (χ3n) is 3.06. The lowest BCUT2D eigenvalue weighted by atomic mass is 10.1. The van der Waals surface area contributed by atoms with E-state index in [0.29, 0.717) is 5.01 Å². The molecule has 4 heteroatoms. The van der Waals surface area contributed by atoms with Crippen LogP contribution >= 0.6 is 11.3 Å². The first-order chi connectivity index (χ1) is 8.65. The minimum atomic E-state index is 0.0267. The van der Waals surface area contributed by atoms with Crippen LogP contribution < -0.4 is 4.74 Å². The first kappa shape index (κ1) is 11.4. The molecule has 0 bridgehead atoms. The molecule has 0 saturated heterocycles. The van der Waals surface area contributed by atoms with Gasteiger partial charge in [0.25, 0.3) is 0 Å². The van der Waals surface area contributed by atoms with Crippen molar-refractivity contribution in [2.75, 3.05) is 6.61 Å². The zero-order valence-electron chi connectivity index (χ0n) is 10.3. The van der Waals surface area contributed by atoms with Crippen LogP contribution in [-0.2, 0) is 6.42 Å². The van der Waals surface area contributed by atoms with Crippen LogP contribution in [0.5, 0.6) is 5.75 Å². The summed E-state index contributed by atoms with van der Waals surface area (Å²) in [4.78, 5) is 16.9. The monoisotopic (exact) mass is 259 g/mol. The van der Waals surface area contributed by atoms with Crippen LogP contribution in [0.4, 0.5) is 0 Å². The second-order valence-corrected chi connectivity index (χ2v) is 5.60. The summed E-state index contributed by atoms with van der Waals surface area (Å²) in [6.45, 7) is 4.31. The first-order valence-corrected chi connectivity index (χ1v) is 6.71. The van der Waals surface area contributed by atoms with Gasteiger partial charge in [-0.25, -0.2) is 4.98 Å². The fourth-order valence-corrected chi connectivity index (χ4v) is 2.98. The van der Waals surface area contributed by atoms with E-state index in [1.165, 1.54) is 16.9 Å². The van der Waals surface area contributed by atoms with Gasteiger partial charge in [-0.2, -0.15) is 0 Å². The van der Waals surface area contributed by atoms with E-state index >= 15 is 0 Å². The van der Waals surface area contributed by atoms with Gasteiger partial charge >= 0.3 is 0 Å². The van der Waals surface area contributed by atoms with Crippen molar-refractivity contribution < 1.29 is 9.53 Å². The second kappa shape index (κ2) is 4.21. The predicted octanol–water partition coefficient (Wildman–Crippen LogP) is 3.26. The molecule has 0 atom stereocenters. The lowest BCUT2D eigenvalue weighted by Crippen LogP contribution is -1.90. The Hall–Kier alpha value is -1.68. The van der Waals surface area contributed by atoms with Crippen LogP contribution in [0, 0.1) is 6.92 Å². The maximum atomic E-state index is 11.4. The number of rotatable bonds is 2. The fourth-order valence-electron chi connectivity index (χ4n) is 2.15. The van der Waals surface area contributed by atoms with Crippen molar-refractivity contribution in [2.45, 2.75) is 20.3 Å². The van der Waals surface area contributed by atoms with Gasteiger partial charge in [0.15, 0.2) is 10.8 Å². The minimum Gasteiger partial charge on any atom is -0.493 e. The van der Waals surface area contributed by atoms with Crippen molar-refractivity contribution in [3.05, 3.63) is 33.6 Å². The molecular formula is C14H13NO2S. The molecule has 1 aromatic heterocycles. The molecule has 1 aromatic carbocycles. The topological polar surface area (TPSA) is 39.2 Å². The molecule has 0 radical (unpaired) electrons. The highest BCUT2D eigenvalue weighted by Gasteiger charge is 2.16. The molecule has 92 valence electrons. The van der Waals surface area contributed by atoms with Crippen LogP contribution in [0.25, 0.3) is 11.3 Å². The quantitative estimate of drug-likeness (QED) is 0.777. The normalized spacial score (nSPS) is 13.2. The molecular weight excluding hydrogens is 246 g/mol. The second-order valence-electron chi connectivity index (χ2n) is 4.40. The molecule has 0 amide bonds. The molecule has 0 N–H and O–H groups in total. The van der Waals surface area contributed by atoms with E-state index in [9.17, 15) is 4.79 Å². The maximum absolute atomic E-state index is 11.4. The van der Waals surface area contributed by atoms with Gasteiger partial charge < -0.3 is 4.74 Å². The first-order valence-electron chi connectivity index (χ1n) is 5.89. The van der Waals surface area contributed by atoms with E-state index in [-0.39, 0.29) is 5.78 Å². The van der Waals surface area contributed by atoms with Gasteiger partial charge in [0.05, 0.1) is 12.3 Å². The highest BCUT2D eigenvalue weighted by molar-refractivity contribution is 7.14. The summed E-state index contributed by atoms with van der Waals surface area (Å²) in [5.41, 5.74) is 3.21. The number of Topliss-reactive ketones (excluding diaryl/α,β-unsaturated/α-hetero) is 1. The summed E-state index contributed by atoms with van der Waals surface area (Å²) >= 11 is 1.46. The summed E-state index contributed by atoms with van der Waals surface area (Å²) in [5.74, 6) is 0.997. The molecule has 2 heterocycles. The maximum Gasteiger partial charge on any atom is 0.188 e. The highest BCUT2D eigenvalue weighted by Crippen LogP contribution is 2.33. The van der Waals surface area contributed by atoms with Gasteiger partial charge in [0.2, 0.25) is 0 Å². The van der Waals surface area contributed by atoms with Gasteiger partial charge in [0.1, 0.15) is 5.75 Å². The van der Waals surface area contributed by atoms with Crippen LogP contribution in [0.15, 0.2) is 18.2 Å². The molecule has 1 aliphatic heterocycles. The Kier molecular flexibility index (Phi) is 2.67. The molecule has 0 aliphatic carbocycles.